The lowest BCUT2D eigenvalue weighted by molar-refractivity contribution is 0.129. The van der Waals surface area contributed by atoms with Gasteiger partial charge in [-0.15, -0.1) is 6.58 Å². The molecule has 1 aromatic carbocycles. The number of nitrogen functional groups attached to an aromatic ring is 1. The molecule has 0 atom stereocenters. The molecule has 0 bridgehead atoms. The Balaban J connectivity index is 2.01. The average molecular weight is 259 g/mol. The Kier molecular flexibility index (Phi) is 4.89. The van der Waals surface area contributed by atoms with Crippen molar-refractivity contribution in [3.8, 4) is 5.75 Å². The highest BCUT2D eigenvalue weighted by atomic mass is 16.5. The van der Waals surface area contributed by atoms with Crippen LogP contribution in [0.25, 0.3) is 0 Å². The summed E-state index contributed by atoms with van der Waals surface area (Å²) in [6, 6.07) is 5.91. The van der Waals surface area contributed by atoms with Crippen molar-refractivity contribution in [2.24, 2.45) is 5.92 Å². The second-order valence-corrected chi connectivity index (χ2v) is 5.53. The predicted molar refractivity (Wildman–Crippen MR) is 81.4 cm³/mol. The van der Waals surface area contributed by atoms with Gasteiger partial charge in [0.15, 0.2) is 0 Å². The molecule has 104 valence electrons. The summed E-state index contributed by atoms with van der Waals surface area (Å²) in [7, 11) is 0. The van der Waals surface area contributed by atoms with E-state index in [2.05, 4.69) is 13.5 Å². The van der Waals surface area contributed by atoms with Crippen LogP contribution in [0.15, 0.2) is 30.9 Å². The van der Waals surface area contributed by atoms with Crippen molar-refractivity contribution >= 4 is 5.69 Å². The van der Waals surface area contributed by atoms with Crippen molar-refractivity contribution < 1.29 is 4.74 Å². The fraction of sp³-hybridized carbons (Fsp3) is 0.529. The normalized spacial score (nSPS) is 23.0. The van der Waals surface area contributed by atoms with Crippen LogP contribution >= 0.6 is 0 Å². The fourth-order valence-corrected chi connectivity index (χ4v) is 2.87. The molecule has 1 aliphatic rings. The molecule has 2 rings (SSSR count). The molecule has 1 aliphatic carbocycles. The summed E-state index contributed by atoms with van der Waals surface area (Å²) >= 11 is 0. The number of nitrogens with two attached hydrogens (primary N) is 1. The van der Waals surface area contributed by atoms with Crippen LogP contribution in [0.2, 0.25) is 0 Å². The van der Waals surface area contributed by atoms with Gasteiger partial charge in [0.05, 0.1) is 6.10 Å². The molecule has 0 aromatic heterocycles. The summed E-state index contributed by atoms with van der Waals surface area (Å²) in [5.74, 6) is 1.88. The third-order valence-corrected chi connectivity index (χ3v) is 4.11. The summed E-state index contributed by atoms with van der Waals surface area (Å²) in [6.07, 6.45) is 9.33. The second kappa shape index (κ2) is 6.65. The van der Waals surface area contributed by atoms with Gasteiger partial charge in [-0.2, -0.15) is 0 Å². The highest BCUT2D eigenvalue weighted by Gasteiger charge is 2.21. The van der Waals surface area contributed by atoms with E-state index in [1.54, 1.807) is 0 Å². The second-order valence-electron chi connectivity index (χ2n) is 5.53. The first kappa shape index (κ1) is 14.0. The Bertz CT molecular complexity index is 419. The van der Waals surface area contributed by atoms with E-state index in [0.29, 0.717) is 6.10 Å². The minimum atomic E-state index is 0.370. The zero-order valence-electron chi connectivity index (χ0n) is 11.9. The highest BCUT2D eigenvalue weighted by Crippen LogP contribution is 2.31. The van der Waals surface area contributed by atoms with E-state index in [-0.39, 0.29) is 0 Å². The molecule has 2 N–H and O–H groups in total. The van der Waals surface area contributed by atoms with E-state index in [9.17, 15) is 0 Å². The Labute approximate surface area is 116 Å². The van der Waals surface area contributed by atoms with E-state index in [4.69, 9.17) is 10.5 Å². The quantitative estimate of drug-likeness (QED) is 0.630. The number of rotatable bonds is 5. The van der Waals surface area contributed by atoms with E-state index < -0.39 is 0 Å². The van der Waals surface area contributed by atoms with Gasteiger partial charge in [0, 0.05) is 5.69 Å². The summed E-state index contributed by atoms with van der Waals surface area (Å²) in [4.78, 5) is 0. The fourth-order valence-electron chi connectivity index (χ4n) is 2.87. The first-order valence-corrected chi connectivity index (χ1v) is 7.38. The van der Waals surface area contributed by atoms with Crippen LogP contribution in [-0.2, 0) is 6.42 Å². The molecule has 1 saturated carbocycles. The van der Waals surface area contributed by atoms with Crippen LogP contribution in [0.3, 0.4) is 0 Å². The topological polar surface area (TPSA) is 35.2 Å². The molecular weight excluding hydrogens is 234 g/mol. The third-order valence-electron chi connectivity index (χ3n) is 4.11. The predicted octanol–water partition coefficient (Wildman–Crippen LogP) is 4.34. The molecular formula is C17H25NO. The lowest BCUT2D eigenvalue weighted by Gasteiger charge is -2.29. The Hall–Kier alpha value is -1.44. The molecule has 19 heavy (non-hydrogen) atoms. The number of hydrogen-bond acceptors (Lipinski definition) is 2. The van der Waals surface area contributed by atoms with Crippen molar-refractivity contribution in [1.29, 1.82) is 0 Å². The molecule has 0 radical (unpaired) electrons. The van der Waals surface area contributed by atoms with Crippen LogP contribution < -0.4 is 10.5 Å². The summed E-state index contributed by atoms with van der Waals surface area (Å²) in [5, 5.41) is 0. The number of anilines is 1. The minimum absolute atomic E-state index is 0.370. The first-order valence-electron chi connectivity index (χ1n) is 7.38. The molecule has 1 aromatic rings. The van der Waals surface area contributed by atoms with Gasteiger partial charge in [-0.1, -0.05) is 19.4 Å². The van der Waals surface area contributed by atoms with E-state index in [1.807, 2.05) is 24.3 Å². The van der Waals surface area contributed by atoms with E-state index >= 15 is 0 Å². The van der Waals surface area contributed by atoms with Gasteiger partial charge < -0.3 is 10.5 Å². The Morgan fingerprint density at radius 2 is 2.05 bits per heavy atom. The number of allylic oxidation sites excluding steroid dienone is 1. The van der Waals surface area contributed by atoms with Crippen molar-refractivity contribution in [1.82, 2.24) is 0 Å². The van der Waals surface area contributed by atoms with E-state index in [1.165, 1.54) is 32.1 Å². The number of benzene rings is 1. The highest BCUT2D eigenvalue weighted by molar-refractivity contribution is 5.48. The van der Waals surface area contributed by atoms with Gasteiger partial charge >= 0.3 is 0 Å². The molecule has 1 fully saturated rings. The van der Waals surface area contributed by atoms with Gasteiger partial charge in [0.25, 0.3) is 0 Å². The van der Waals surface area contributed by atoms with Crippen molar-refractivity contribution in [3.63, 3.8) is 0 Å². The summed E-state index contributed by atoms with van der Waals surface area (Å²) < 4.78 is 6.18. The molecule has 2 nitrogen and oxygen atoms in total. The lowest BCUT2D eigenvalue weighted by Crippen LogP contribution is -2.24. The molecule has 0 amide bonds. The molecule has 0 aliphatic heterocycles. The van der Waals surface area contributed by atoms with Crippen LogP contribution in [0, 0.1) is 5.92 Å². The van der Waals surface area contributed by atoms with Gasteiger partial charge in [-0.3, -0.25) is 0 Å². The maximum Gasteiger partial charge on any atom is 0.123 e. The monoisotopic (exact) mass is 259 g/mol. The number of ether oxygens (including phenoxy) is 1. The summed E-state index contributed by atoms with van der Waals surface area (Å²) in [6.45, 7) is 6.08. The first-order chi connectivity index (χ1) is 9.22. The van der Waals surface area contributed by atoms with Gasteiger partial charge in [-0.05, 0) is 61.8 Å². The smallest absolute Gasteiger partial charge is 0.123 e. The SMILES string of the molecule is C=CCc1cc(N)ccc1OC1CCC(CC)CC1. The standard InChI is InChI=1S/C17H25NO/c1-3-5-14-12-15(18)8-11-17(14)19-16-9-6-13(4-2)7-10-16/h3,8,11-13,16H,1,4-7,9-10,18H2,2H3. The zero-order chi connectivity index (χ0) is 13.7. The summed E-state index contributed by atoms with van der Waals surface area (Å²) in [5.41, 5.74) is 7.77. The van der Waals surface area contributed by atoms with E-state index in [0.717, 1.165) is 29.3 Å². The molecule has 0 spiro atoms. The van der Waals surface area contributed by atoms with Gasteiger partial charge in [0.1, 0.15) is 5.75 Å². The van der Waals surface area contributed by atoms with Crippen LogP contribution in [-0.4, -0.2) is 6.10 Å². The average Bonchev–Trinajstić information content (AvgIpc) is 2.43. The molecule has 0 saturated heterocycles. The third kappa shape index (κ3) is 3.76. The van der Waals surface area contributed by atoms with Crippen molar-refractivity contribution in [3.05, 3.63) is 36.4 Å². The Morgan fingerprint density at radius 3 is 2.68 bits per heavy atom. The van der Waals surface area contributed by atoms with Crippen LogP contribution in [0.5, 0.6) is 5.75 Å². The molecule has 0 heterocycles. The lowest BCUT2D eigenvalue weighted by atomic mass is 9.86. The van der Waals surface area contributed by atoms with Gasteiger partial charge in [0.2, 0.25) is 0 Å². The van der Waals surface area contributed by atoms with Crippen molar-refractivity contribution in [2.45, 2.75) is 51.6 Å². The Morgan fingerprint density at radius 1 is 1.32 bits per heavy atom. The minimum Gasteiger partial charge on any atom is -0.490 e. The maximum absolute atomic E-state index is 6.18. The maximum atomic E-state index is 6.18. The molecule has 2 heteroatoms. The van der Waals surface area contributed by atoms with Crippen molar-refractivity contribution in [2.75, 3.05) is 5.73 Å². The largest absolute Gasteiger partial charge is 0.490 e. The van der Waals surface area contributed by atoms with Gasteiger partial charge in [-0.25, -0.2) is 0 Å². The molecule has 0 unspecified atom stereocenters. The number of hydrogen-bond donors (Lipinski definition) is 1. The van der Waals surface area contributed by atoms with Crippen LogP contribution in [0.1, 0.15) is 44.6 Å². The zero-order valence-corrected chi connectivity index (χ0v) is 11.9. The van der Waals surface area contributed by atoms with Crippen LogP contribution in [0.4, 0.5) is 5.69 Å².